The number of rotatable bonds is 2. The number of fused-ring (bicyclic) bond motifs is 1. The van der Waals surface area contributed by atoms with Gasteiger partial charge in [-0.05, 0) is 36.8 Å². The van der Waals surface area contributed by atoms with E-state index in [1.165, 1.54) is 18.2 Å². The number of allylic oxidation sites excluding steroid dienone is 2. The van der Waals surface area contributed by atoms with Gasteiger partial charge in [0.05, 0.1) is 22.4 Å². The number of benzene rings is 1. The van der Waals surface area contributed by atoms with E-state index in [1.54, 1.807) is 0 Å². The minimum absolute atomic E-state index is 0.0111. The van der Waals surface area contributed by atoms with Crippen LogP contribution in [0.4, 0.5) is 17.1 Å². The van der Waals surface area contributed by atoms with Gasteiger partial charge in [0.25, 0.3) is 5.69 Å². The van der Waals surface area contributed by atoms with Crippen molar-refractivity contribution in [1.82, 2.24) is 0 Å². The van der Waals surface area contributed by atoms with Gasteiger partial charge in [0.2, 0.25) is 11.8 Å². The second kappa shape index (κ2) is 4.65. The number of nitro groups is 1. The molecule has 2 bridgehead atoms. The summed E-state index contributed by atoms with van der Waals surface area (Å²) in [4.78, 5) is 37.1. The zero-order valence-electron chi connectivity index (χ0n) is 12.2. The molecule has 7 nitrogen and oxygen atoms in total. The number of carbonyl (C=O) groups is 2. The molecule has 2 amide bonds. The third kappa shape index (κ3) is 1.82. The van der Waals surface area contributed by atoms with Crippen LogP contribution < -0.4 is 10.6 Å². The quantitative estimate of drug-likeness (QED) is 0.295. The van der Waals surface area contributed by atoms with E-state index in [0.29, 0.717) is 0 Å². The number of carbonyl (C=O) groups excluding carboxylic acids is 2. The largest absolute Gasteiger partial charge is 0.393 e. The fourth-order valence-corrected chi connectivity index (χ4v) is 4.16. The summed E-state index contributed by atoms with van der Waals surface area (Å²) in [6, 6.07) is 4.06. The summed E-state index contributed by atoms with van der Waals surface area (Å²) in [5.74, 6) is -0.979. The molecule has 23 heavy (non-hydrogen) atoms. The number of nitrogens with zero attached hydrogens (tertiary/aromatic N) is 2. The van der Waals surface area contributed by atoms with Crippen molar-refractivity contribution in [2.75, 3.05) is 10.6 Å². The smallest absolute Gasteiger partial charge is 0.294 e. The van der Waals surface area contributed by atoms with E-state index in [1.807, 2.05) is 12.2 Å². The molecular weight excluding hydrogens is 298 g/mol. The molecule has 1 aromatic rings. The molecule has 4 unspecified atom stereocenters. The van der Waals surface area contributed by atoms with E-state index in [-0.39, 0.29) is 52.5 Å². The molecule has 4 aliphatic rings. The summed E-state index contributed by atoms with van der Waals surface area (Å²) in [5.41, 5.74) is 5.54. The van der Waals surface area contributed by atoms with E-state index in [9.17, 15) is 19.7 Å². The lowest BCUT2D eigenvalue weighted by Crippen LogP contribution is -2.38. The van der Waals surface area contributed by atoms with Gasteiger partial charge in [-0.25, -0.2) is 4.90 Å². The van der Waals surface area contributed by atoms with Crippen molar-refractivity contribution in [3.63, 3.8) is 0 Å². The lowest BCUT2D eigenvalue weighted by atomic mass is 9.63. The van der Waals surface area contributed by atoms with Crippen molar-refractivity contribution in [2.24, 2.45) is 23.7 Å². The molecule has 2 N–H and O–H groups in total. The monoisotopic (exact) mass is 313 g/mol. The maximum Gasteiger partial charge on any atom is 0.294 e. The van der Waals surface area contributed by atoms with Gasteiger partial charge in [-0.3, -0.25) is 19.7 Å². The van der Waals surface area contributed by atoms with Gasteiger partial charge in [-0.1, -0.05) is 12.2 Å². The first kappa shape index (κ1) is 13.9. The zero-order chi connectivity index (χ0) is 16.3. The van der Waals surface area contributed by atoms with Crippen molar-refractivity contribution in [1.29, 1.82) is 0 Å². The molecule has 1 saturated carbocycles. The Labute approximate surface area is 131 Å². The van der Waals surface area contributed by atoms with Gasteiger partial charge in [-0.2, -0.15) is 0 Å². The summed E-state index contributed by atoms with van der Waals surface area (Å²) < 4.78 is 0. The van der Waals surface area contributed by atoms with Gasteiger partial charge >= 0.3 is 0 Å². The van der Waals surface area contributed by atoms with E-state index >= 15 is 0 Å². The molecule has 3 aliphatic carbocycles. The van der Waals surface area contributed by atoms with Crippen LogP contribution in [0.5, 0.6) is 0 Å². The van der Waals surface area contributed by atoms with Crippen molar-refractivity contribution >= 4 is 28.9 Å². The second-order valence-electron chi connectivity index (χ2n) is 6.35. The number of nitrogens with two attached hydrogens (primary N) is 1. The third-order valence-electron chi connectivity index (χ3n) is 5.23. The van der Waals surface area contributed by atoms with E-state index in [4.69, 9.17) is 5.73 Å². The normalized spacial score (nSPS) is 31.6. The molecule has 0 spiro atoms. The minimum Gasteiger partial charge on any atom is -0.393 e. The number of anilines is 2. The standard InChI is InChI=1S/C16H15N3O4/c17-11-6-5-10(7-12(11)19(22)23)18-15(20)13-8-1-2-9(4-3-8)14(13)16(18)21/h1-2,5-9,13-14H,3-4,17H2. The van der Waals surface area contributed by atoms with Crippen LogP contribution in [0.2, 0.25) is 0 Å². The van der Waals surface area contributed by atoms with Gasteiger partial charge in [-0.15, -0.1) is 0 Å². The number of amides is 2. The Morgan fingerprint density at radius 2 is 1.65 bits per heavy atom. The number of imide groups is 1. The van der Waals surface area contributed by atoms with Crippen LogP contribution in [0.25, 0.3) is 0 Å². The van der Waals surface area contributed by atoms with Gasteiger partial charge < -0.3 is 5.73 Å². The predicted molar refractivity (Wildman–Crippen MR) is 82.3 cm³/mol. The number of nitro benzene ring substituents is 1. The summed E-state index contributed by atoms with van der Waals surface area (Å²) >= 11 is 0. The van der Waals surface area contributed by atoms with Crippen LogP contribution in [0.1, 0.15) is 12.8 Å². The maximum absolute atomic E-state index is 12.8. The Balaban J connectivity index is 1.76. The highest BCUT2D eigenvalue weighted by atomic mass is 16.6. The lowest BCUT2D eigenvalue weighted by Gasteiger charge is -2.38. The average molecular weight is 313 g/mol. The highest BCUT2D eigenvalue weighted by molar-refractivity contribution is 6.22. The second-order valence-corrected chi connectivity index (χ2v) is 6.35. The number of nitrogen functional groups attached to an aromatic ring is 1. The molecule has 0 radical (unpaired) electrons. The summed E-state index contributed by atoms with van der Waals surface area (Å²) in [7, 11) is 0. The van der Waals surface area contributed by atoms with Gasteiger partial charge in [0.1, 0.15) is 5.69 Å². The molecule has 5 rings (SSSR count). The third-order valence-corrected chi connectivity index (χ3v) is 5.23. The van der Waals surface area contributed by atoms with E-state index in [0.717, 1.165) is 17.7 Å². The lowest BCUT2D eigenvalue weighted by molar-refractivity contribution is -0.383. The molecule has 0 aromatic heterocycles. The van der Waals surface area contributed by atoms with E-state index in [2.05, 4.69) is 0 Å². The van der Waals surface area contributed by atoms with Gasteiger partial charge in [0, 0.05) is 6.07 Å². The fraction of sp³-hybridized carbons (Fsp3) is 0.375. The van der Waals surface area contributed by atoms with Crippen LogP contribution in [0.15, 0.2) is 30.4 Å². The average Bonchev–Trinajstić information content (AvgIpc) is 2.83. The number of hydrogen-bond acceptors (Lipinski definition) is 5. The summed E-state index contributed by atoms with van der Waals surface area (Å²) in [6.45, 7) is 0. The van der Waals surface area contributed by atoms with Crippen LogP contribution in [-0.2, 0) is 9.59 Å². The van der Waals surface area contributed by atoms with Crippen LogP contribution in [0.3, 0.4) is 0 Å². The molecule has 118 valence electrons. The Morgan fingerprint density at radius 3 is 2.13 bits per heavy atom. The minimum atomic E-state index is -0.609. The zero-order valence-corrected chi connectivity index (χ0v) is 12.2. The molecule has 7 heteroatoms. The molecular formula is C16H15N3O4. The highest BCUT2D eigenvalue weighted by Gasteiger charge is 2.56. The molecule has 1 heterocycles. The SMILES string of the molecule is Nc1ccc(N2C(=O)C3C4C=CC(CC4)C3C2=O)cc1[N+](=O)[O-]. The van der Waals surface area contributed by atoms with Crippen molar-refractivity contribution in [2.45, 2.75) is 12.8 Å². The van der Waals surface area contributed by atoms with Crippen LogP contribution in [0, 0.1) is 33.8 Å². The summed E-state index contributed by atoms with van der Waals surface area (Å²) in [6.07, 6.45) is 5.90. The first-order chi connectivity index (χ1) is 11.0. The fourth-order valence-electron chi connectivity index (χ4n) is 4.16. The number of hydrogen-bond donors (Lipinski definition) is 1. The molecule has 1 aromatic carbocycles. The van der Waals surface area contributed by atoms with Gasteiger partial charge in [0.15, 0.2) is 0 Å². The molecule has 2 fully saturated rings. The van der Waals surface area contributed by atoms with Crippen LogP contribution >= 0.6 is 0 Å². The first-order valence-electron chi connectivity index (χ1n) is 7.59. The van der Waals surface area contributed by atoms with Crippen molar-refractivity contribution in [3.05, 3.63) is 40.5 Å². The molecule has 1 aliphatic heterocycles. The molecule has 1 saturated heterocycles. The Morgan fingerprint density at radius 1 is 1.09 bits per heavy atom. The Bertz CT molecular complexity index is 741. The summed E-state index contributed by atoms with van der Waals surface area (Å²) in [5, 5.41) is 11.0. The molecule has 4 atom stereocenters. The Kier molecular flexibility index (Phi) is 2.81. The van der Waals surface area contributed by atoms with Crippen LogP contribution in [-0.4, -0.2) is 16.7 Å². The Hall–Kier alpha value is -2.70. The predicted octanol–water partition coefficient (Wildman–Crippen LogP) is 1.88. The van der Waals surface area contributed by atoms with Crippen molar-refractivity contribution < 1.29 is 14.5 Å². The topological polar surface area (TPSA) is 107 Å². The maximum atomic E-state index is 12.8. The first-order valence-corrected chi connectivity index (χ1v) is 7.59. The highest BCUT2D eigenvalue weighted by Crippen LogP contribution is 2.50. The van der Waals surface area contributed by atoms with E-state index < -0.39 is 4.92 Å². The van der Waals surface area contributed by atoms with Crippen molar-refractivity contribution in [3.8, 4) is 0 Å².